The Bertz CT molecular complexity index is 1240. The van der Waals surface area contributed by atoms with Crippen LogP contribution in [0.4, 0.5) is 13.2 Å². The molecule has 1 amide bonds. The van der Waals surface area contributed by atoms with Gasteiger partial charge in [0, 0.05) is 28.9 Å². The highest BCUT2D eigenvalue weighted by Crippen LogP contribution is 2.37. The van der Waals surface area contributed by atoms with Crippen molar-refractivity contribution in [2.75, 3.05) is 0 Å². The van der Waals surface area contributed by atoms with E-state index in [1.807, 2.05) is 48.5 Å². The van der Waals surface area contributed by atoms with Crippen molar-refractivity contribution in [2.45, 2.75) is 29.1 Å². The van der Waals surface area contributed by atoms with Gasteiger partial charge in [0.05, 0.1) is 10.5 Å². The smallest absolute Gasteiger partial charge is 0.364 e. The lowest BCUT2D eigenvalue weighted by atomic mass is 10.1. The number of fused-ring (bicyclic) bond motifs is 1. The van der Waals surface area contributed by atoms with E-state index in [2.05, 4.69) is 10.3 Å². The normalized spacial score (nSPS) is 11.7. The molecular formula is C24H20F3N3OS. The monoisotopic (exact) mass is 455 g/mol. The molecule has 0 aliphatic heterocycles. The van der Waals surface area contributed by atoms with Crippen LogP contribution in [-0.2, 0) is 19.3 Å². The van der Waals surface area contributed by atoms with Gasteiger partial charge >= 0.3 is 6.18 Å². The van der Waals surface area contributed by atoms with Crippen molar-refractivity contribution in [3.05, 3.63) is 95.2 Å². The highest BCUT2D eigenvalue weighted by Gasteiger charge is 2.29. The Morgan fingerprint density at radius 3 is 2.25 bits per heavy atom. The number of nitrogens with one attached hydrogen (secondary N) is 2. The van der Waals surface area contributed by atoms with Crippen molar-refractivity contribution in [3.8, 4) is 0 Å². The molecule has 0 aliphatic rings. The number of aromatic nitrogens is 1. The average Bonchev–Trinajstić information content (AvgIpc) is 3.12. The third-order valence-corrected chi connectivity index (χ3v) is 6.10. The van der Waals surface area contributed by atoms with Crippen LogP contribution in [0, 0.1) is 0 Å². The first-order valence-electron chi connectivity index (χ1n) is 9.85. The average molecular weight is 456 g/mol. The van der Waals surface area contributed by atoms with Gasteiger partial charge in [-0.25, -0.2) is 0 Å². The SMILES string of the molecule is NC(=O)c1[nH]c2cc(CNCc3ccc(C(F)(F)F)cc3)ccc2c1Sc1ccccc1. The van der Waals surface area contributed by atoms with Crippen molar-refractivity contribution >= 4 is 28.6 Å². The number of benzene rings is 3. The standard InChI is InChI=1S/C24H20F3N3OS/c25-24(26,27)17-9-6-15(7-10-17)13-29-14-16-8-11-19-20(12-16)30-21(23(28)31)22(19)32-18-4-2-1-3-5-18/h1-12,29-30H,13-14H2,(H2,28,31). The second-order valence-electron chi connectivity index (χ2n) is 7.29. The molecule has 0 radical (unpaired) electrons. The molecule has 0 saturated carbocycles. The molecule has 0 saturated heterocycles. The van der Waals surface area contributed by atoms with E-state index in [1.54, 1.807) is 0 Å². The van der Waals surface area contributed by atoms with Gasteiger partial charge in [-0.2, -0.15) is 13.2 Å². The fraction of sp³-hybridized carbons (Fsp3) is 0.125. The number of hydrogen-bond acceptors (Lipinski definition) is 3. The molecule has 4 N–H and O–H groups in total. The Morgan fingerprint density at radius 1 is 0.938 bits per heavy atom. The molecule has 0 atom stereocenters. The summed E-state index contributed by atoms with van der Waals surface area (Å²) in [6.07, 6.45) is -4.33. The molecule has 164 valence electrons. The maximum Gasteiger partial charge on any atom is 0.416 e. The Morgan fingerprint density at radius 2 is 1.59 bits per heavy atom. The van der Waals surface area contributed by atoms with Crippen LogP contribution in [-0.4, -0.2) is 10.9 Å². The van der Waals surface area contributed by atoms with E-state index in [-0.39, 0.29) is 0 Å². The summed E-state index contributed by atoms with van der Waals surface area (Å²) < 4.78 is 38.0. The number of primary amides is 1. The Kier molecular flexibility index (Phi) is 6.25. The molecule has 1 heterocycles. The maximum atomic E-state index is 12.7. The summed E-state index contributed by atoms with van der Waals surface area (Å²) in [4.78, 5) is 16.9. The number of aromatic amines is 1. The second-order valence-corrected chi connectivity index (χ2v) is 8.37. The van der Waals surface area contributed by atoms with Gasteiger partial charge in [0.1, 0.15) is 5.69 Å². The first-order valence-corrected chi connectivity index (χ1v) is 10.7. The first-order chi connectivity index (χ1) is 15.3. The Labute approximate surface area is 187 Å². The lowest BCUT2D eigenvalue weighted by Crippen LogP contribution is -2.13. The zero-order chi connectivity index (χ0) is 22.7. The zero-order valence-corrected chi connectivity index (χ0v) is 17.7. The predicted octanol–water partition coefficient (Wildman–Crippen LogP) is 5.73. The number of carbonyl (C=O) groups excluding carboxylic acids is 1. The topological polar surface area (TPSA) is 70.9 Å². The minimum Gasteiger partial charge on any atom is -0.364 e. The number of hydrogen-bond donors (Lipinski definition) is 3. The molecule has 1 aromatic heterocycles. The zero-order valence-electron chi connectivity index (χ0n) is 16.9. The molecule has 0 fully saturated rings. The van der Waals surface area contributed by atoms with Crippen LogP contribution in [0.5, 0.6) is 0 Å². The van der Waals surface area contributed by atoms with Gasteiger partial charge in [-0.1, -0.05) is 54.2 Å². The van der Waals surface area contributed by atoms with Crippen LogP contribution in [0.15, 0.2) is 82.6 Å². The van der Waals surface area contributed by atoms with Crippen molar-refractivity contribution in [1.29, 1.82) is 0 Å². The van der Waals surface area contributed by atoms with Gasteiger partial charge in [-0.05, 0) is 41.5 Å². The van der Waals surface area contributed by atoms with E-state index in [0.29, 0.717) is 18.8 Å². The summed E-state index contributed by atoms with van der Waals surface area (Å²) in [6.45, 7) is 0.950. The van der Waals surface area contributed by atoms with Crippen LogP contribution < -0.4 is 11.1 Å². The molecule has 0 bridgehead atoms. The summed E-state index contributed by atoms with van der Waals surface area (Å²) >= 11 is 1.47. The largest absolute Gasteiger partial charge is 0.416 e. The summed E-state index contributed by atoms with van der Waals surface area (Å²) in [5, 5.41) is 4.13. The van der Waals surface area contributed by atoms with Gasteiger partial charge in [0.25, 0.3) is 5.91 Å². The fourth-order valence-corrected chi connectivity index (χ4v) is 4.45. The van der Waals surface area contributed by atoms with Crippen LogP contribution in [0.3, 0.4) is 0 Å². The number of rotatable bonds is 7. The lowest BCUT2D eigenvalue weighted by molar-refractivity contribution is -0.137. The third-order valence-electron chi connectivity index (χ3n) is 4.96. The van der Waals surface area contributed by atoms with Crippen LogP contribution in [0.2, 0.25) is 0 Å². The molecular weight excluding hydrogens is 435 g/mol. The summed E-state index contributed by atoms with van der Waals surface area (Å²) in [7, 11) is 0. The molecule has 8 heteroatoms. The molecule has 4 nitrogen and oxygen atoms in total. The Balaban J connectivity index is 1.48. The number of amides is 1. The van der Waals surface area contributed by atoms with Gasteiger partial charge in [-0.3, -0.25) is 4.79 Å². The molecule has 0 spiro atoms. The van der Waals surface area contributed by atoms with E-state index < -0.39 is 17.6 Å². The highest BCUT2D eigenvalue weighted by molar-refractivity contribution is 7.99. The second kappa shape index (κ2) is 9.10. The van der Waals surface area contributed by atoms with Crippen LogP contribution >= 0.6 is 11.8 Å². The molecule has 4 rings (SSSR count). The molecule has 4 aromatic rings. The number of carbonyl (C=O) groups is 1. The minimum absolute atomic E-state index is 0.365. The fourth-order valence-electron chi connectivity index (χ4n) is 3.38. The van der Waals surface area contributed by atoms with Crippen molar-refractivity contribution in [2.24, 2.45) is 5.73 Å². The third kappa shape index (κ3) is 4.98. The maximum absolute atomic E-state index is 12.7. The van der Waals surface area contributed by atoms with E-state index in [9.17, 15) is 18.0 Å². The molecule has 3 aromatic carbocycles. The summed E-state index contributed by atoms with van der Waals surface area (Å²) in [5.74, 6) is -0.526. The van der Waals surface area contributed by atoms with E-state index in [4.69, 9.17) is 5.73 Å². The quantitative estimate of drug-likeness (QED) is 0.333. The van der Waals surface area contributed by atoms with Crippen LogP contribution in [0.1, 0.15) is 27.2 Å². The molecule has 0 unspecified atom stereocenters. The van der Waals surface area contributed by atoms with E-state index in [0.717, 1.165) is 44.0 Å². The summed E-state index contributed by atoms with van der Waals surface area (Å²) in [6, 6.07) is 20.7. The predicted molar refractivity (Wildman–Crippen MR) is 119 cm³/mol. The minimum atomic E-state index is -4.33. The summed E-state index contributed by atoms with van der Waals surface area (Å²) in [5.41, 5.74) is 7.82. The van der Waals surface area contributed by atoms with Crippen molar-refractivity contribution in [1.82, 2.24) is 10.3 Å². The number of halogens is 3. The highest BCUT2D eigenvalue weighted by atomic mass is 32.2. The van der Waals surface area contributed by atoms with E-state index in [1.165, 1.54) is 23.9 Å². The van der Waals surface area contributed by atoms with Crippen molar-refractivity contribution in [3.63, 3.8) is 0 Å². The molecule has 0 aliphatic carbocycles. The van der Waals surface area contributed by atoms with Gasteiger partial charge in [0.15, 0.2) is 0 Å². The number of H-pyrrole nitrogens is 1. The molecule has 32 heavy (non-hydrogen) atoms. The lowest BCUT2D eigenvalue weighted by Gasteiger charge is -2.09. The van der Waals surface area contributed by atoms with Gasteiger partial charge in [0.2, 0.25) is 0 Å². The first kappa shape index (κ1) is 22.0. The van der Waals surface area contributed by atoms with Crippen LogP contribution in [0.25, 0.3) is 10.9 Å². The van der Waals surface area contributed by atoms with Crippen molar-refractivity contribution < 1.29 is 18.0 Å². The van der Waals surface area contributed by atoms with Gasteiger partial charge < -0.3 is 16.0 Å². The van der Waals surface area contributed by atoms with Gasteiger partial charge in [-0.15, -0.1) is 0 Å². The van der Waals surface area contributed by atoms with E-state index >= 15 is 0 Å². The number of alkyl halides is 3. The Hall–Kier alpha value is -3.23. The number of nitrogens with two attached hydrogens (primary N) is 1.